The van der Waals surface area contributed by atoms with Crippen LogP contribution in [0.4, 0.5) is 5.69 Å². The highest BCUT2D eigenvalue weighted by atomic mass is 16.3. The summed E-state index contributed by atoms with van der Waals surface area (Å²) >= 11 is 0. The number of piperidine rings is 1. The van der Waals surface area contributed by atoms with Crippen LogP contribution in [0.2, 0.25) is 0 Å². The summed E-state index contributed by atoms with van der Waals surface area (Å²) in [6.45, 7) is 7.35. The van der Waals surface area contributed by atoms with Crippen LogP contribution < -0.4 is 4.90 Å². The van der Waals surface area contributed by atoms with Gasteiger partial charge in [0.1, 0.15) is 0 Å². The summed E-state index contributed by atoms with van der Waals surface area (Å²) in [5, 5.41) is 19.0. The highest BCUT2D eigenvalue weighted by Gasteiger charge is 2.29. The Kier molecular flexibility index (Phi) is 6.98. The van der Waals surface area contributed by atoms with Crippen molar-refractivity contribution in [2.24, 2.45) is 0 Å². The molecule has 1 aromatic rings. The molecule has 0 aliphatic carbocycles. The number of hydrogen-bond donors (Lipinski definition) is 1. The van der Waals surface area contributed by atoms with Crippen molar-refractivity contribution < 1.29 is 9.90 Å². The van der Waals surface area contributed by atoms with Gasteiger partial charge in [0.25, 0.3) is 0 Å². The van der Waals surface area contributed by atoms with Gasteiger partial charge in [-0.3, -0.25) is 9.69 Å². The molecule has 1 N–H and O–H groups in total. The van der Waals surface area contributed by atoms with Gasteiger partial charge in [-0.15, -0.1) is 0 Å². The van der Waals surface area contributed by atoms with Crippen molar-refractivity contribution in [1.82, 2.24) is 4.90 Å². The number of nitriles is 1. The van der Waals surface area contributed by atoms with E-state index in [0.29, 0.717) is 13.0 Å². The van der Waals surface area contributed by atoms with Gasteiger partial charge in [0.2, 0.25) is 5.91 Å². The molecule has 5 nitrogen and oxygen atoms in total. The molecule has 0 aromatic heterocycles. The zero-order chi connectivity index (χ0) is 18.4. The molecule has 0 radical (unpaired) electrons. The SMILES string of the molecule is Cc1cccc(N(CCC#N)C(=O)CN2CCCCC2C(C)O)c1C. The van der Waals surface area contributed by atoms with Crippen LogP contribution in [-0.2, 0) is 4.79 Å². The lowest BCUT2D eigenvalue weighted by atomic mass is 9.98. The summed E-state index contributed by atoms with van der Waals surface area (Å²) in [4.78, 5) is 16.9. The van der Waals surface area contributed by atoms with Crippen molar-refractivity contribution in [2.75, 3.05) is 24.5 Å². The Morgan fingerprint density at radius 1 is 1.44 bits per heavy atom. The molecule has 0 bridgehead atoms. The molecule has 5 heteroatoms. The van der Waals surface area contributed by atoms with E-state index in [-0.39, 0.29) is 18.5 Å². The van der Waals surface area contributed by atoms with E-state index in [9.17, 15) is 9.90 Å². The van der Waals surface area contributed by atoms with E-state index in [0.717, 1.165) is 42.6 Å². The number of carbonyl (C=O) groups is 1. The quantitative estimate of drug-likeness (QED) is 0.862. The average Bonchev–Trinajstić information content (AvgIpc) is 2.59. The van der Waals surface area contributed by atoms with E-state index in [1.54, 1.807) is 11.8 Å². The van der Waals surface area contributed by atoms with E-state index < -0.39 is 6.10 Å². The minimum atomic E-state index is -0.443. The van der Waals surface area contributed by atoms with E-state index in [1.807, 2.05) is 32.0 Å². The van der Waals surface area contributed by atoms with Crippen molar-refractivity contribution in [3.8, 4) is 6.07 Å². The molecule has 1 saturated heterocycles. The predicted molar refractivity (Wildman–Crippen MR) is 99.4 cm³/mol. The van der Waals surface area contributed by atoms with Gasteiger partial charge in [-0.25, -0.2) is 0 Å². The van der Waals surface area contributed by atoms with Gasteiger partial charge in [0, 0.05) is 18.3 Å². The monoisotopic (exact) mass is 343 g/mol. The number of aryl methyl sites for hydroxylation is 1. The third kappa shape index (κ3) is 4.81. The summed E-state index contributed by atoms with van der Waals surface area (Å²) < 4.78 is 0. The maximum Gasteiger partial charge on any atom is 0.241 e. The molecule has 0 spiro atoms. The van der Waals surface area contributed by atoms with E-state index >= 15 is 0 Å². The molecule has 1 fully saturated rings. The molecular weight excluding hydrogens is 314 g/mol. The summed E-state index contributed by atoms with van der Waals surface area (Å²) in [6.07, 6.45) is 2.93. The Bertz CT molecular complexity index is 636. The minimum absolute atomic E-state index is 0.00324. The van der Waals surface area contributed by atoms with Crippen LogP contribution in [0.3, 0.4) is 0 Å². The Labute approximate surface area is 150 Å². The third-order valence-corrected chi connectivity index (χ3v) is 5.17. The fourth-order valence-electron chi connectivity index (χ4n) is 3.59. The zero-order valence-electron chi connectivity index (χ0n) is 15.5. The number of hydrogen-bond acceptors (Lipinski definition) is 4. The number of benzene rings is 1. The highest BCUT2D eigenvalue weighted by Crippen LogP contribution is 2.25. The molecule has 2 unspecified atom stereocenters. The number of aliphatic hydroxyl groups is 1. The molecule has 1 amide bonds. The first kappa shape index (κ1) is 19.4. The van der Waals surface area contributed by atoms with Gasteiger partial charge in [-0.05, 0) is 57.4 Å². The summed E-state index contributed by atoms with van der Waals surface area (Å²) in [7, 11) is 0. The lowest BCUT2D eigenvalue weighted by molar-refractivity contribution is -0.121. The van der Waals surface area contributed by atoms with Crippen LogP contribution in [0.25, 0.3) is 0 Å². The Morgan fingerprint density at radius 3 is 2.88 bits per heavy atom. The van der Waals surface area contributed by atoms with Gasteiger partial charge in [0.15, 0.2) is 0 Å². The fourth-order valence-corrected chi connectivity index (χ4v) is 3.59. The van der Waals surface area contributed by atoms with Crippen LogP contribution in [0, 0.1) is 25.2 Å². The Hall–Kier alpha value is -1.90. The van der Waals surface area contributed by atoms with E-state index in [4.69, 9.17) is 5.26 Å². The normalized spacial score (nSPS) is 19.2. The van der Waals surface area contributed by atoms with E-state index in [2.05, 4.69) is 11.0 Å². The zero-order valence-corrected chi connectivity index (χ0v) is 15.5. The molecule has 2 atom stereocenters. The van der Waals surface area contributed by atoms with Crippen molar-refractivity contribution in [3.63, 3.8) is 0 Å². The lowest BCUT2D eigenvalue weighted by Gasteiger charge is -2.38. The number of likely N-dealkylation sites (tertiary alicyclic amines) is 1. The Morgan fingerprint density at radius 2 is 2.20 bits per heavy atom. The first-order chi connectivity index (χ1) is 12.0. The first-order valence-corrected chi connectivity index (χ1v) is 9.11. The molecule has 1 heterocycles. The average molecular weight is 343 g/mol. The van der Waals surface area contributed by atoms with Crippen LogP contribution in [-0.4, -0.2) is 47.7 Å². The molecule has 136 valence electrons. The summed E-state index contributed by atoms with van der Waals surface area (Å²) in [5.74, 6) is -0.00324. The standard InChI is InChI=1S/C20H29N3O2/c1-15-8-6-10-18(16(15)2)23(13-7-11-21)20(25)14-22-12-5-4-9-19(22)17(3)24/h6,8,10,17,19,24H,4-5,7,9,12-14H2,1-3H3. The van der Waals surface area contributed by atoms with Crippen molar-refractivity contribution in [2.45, 2.75) is 58.6 Å². The number of rotatable bonds is 6. The molecule has 1 aromatic carbocycles. The largest absolute Gasteiger partial charge is 0.392 e. The highest BCUT2D eigenvalue weighted by molar-refractivity contribution is 5.95. The Balaban J connectivity index is 2.21. The molecular formula is C20H29N3O2. The fraction of sp³-hybridized carbons (Fsp3) is 0.600. The molecule has 2 rings (SSSR count). The van der Waals surface area contributed by atoms with Crippen LogP contribution >= 0.6 is 0 Å². The minimum Gasteiger partial charge on any atom is -0.392 e. The van der Waals surface area contributed by atoms with Gasteiger partial charge >= 0.3 is 0 Å². The van der Waals surface area contributed by atoms with Gasteiger partial charge in [-0.2, -0.15) is 5.26 Å². The topological polar surface area (TPSA) is 67.6 Å². The van der Waals surface area contributed by atoms with Crippen LogP contribution in [0.1, 0.15) is 43.7 Å². The molecule has 1 aliphatic rings. The molecule has 1 aliphatic heterocycles. The second kappa shape index (κ2) is 8.98. The summed E-state index contributed by atoms with van der Waals surface area (Å²) in [5.41, 5.74) is 3.08. The summed E-state index contributed by atoms with van der Waals surface area (Å²) in [6, 6.07) is 8.10. The predicted octanol–water partition coefficient (Wildman–Crippen LogP) is 2.79. The van der Waals surface area contributed by atoms with Crippen molar-refractivity contribution >= 4 is 11.6 Å². The smallest absolute Gasteiger partial charge is 0.241 e. The van der Waals surface area contributed by atoms with Gasteiger partial charge < -0.3 is 10.0 Å². The van der Waals surface area contributed by atoms with Crippen molar-refractivity contribution in [3.05, 3.63) is 29.3 Å². The number of amides is 1. The molecule has 0 saturated carbocycles. The maximum atomic E-state index is 13.0. The van der Waals surface area contributed by atoms with Crippen LogP contribution in [0.15, 0.2) is 18.2 Å². The number of carbonyl (C=O) groups excluding carboxylic acids is 1. The lowest BCUT2D eigenvalue weighted by Crippen LogP contribution is -2.50. The van der Waals surface area contributed by atoms with Gasteiger partial charge in [-0.1, -0.05) is 18.6 Å². The number of aliphatic hydroxyl groups excluding tert-OH is 1. The maximum absolute atomic E-state index is 13.0. The van der Waals surface area contributed by atoms with E-state index in [1.165, 1.54) is 0 Å². The number of nitrogens with zero attached hydrogens (tertiary/aromatic N) is 3. The second-order valence-corrected chi connectivity index (χ2v) is 6.95. The molecule has 25 heavy (non-hydrogen) atoms. The first-order valence-electron chi connectivity index (χ1n) is 9.11. The van der Waals surface area contributed by atoms with Crippen molar-refractivity contribution in [1.29, 1.82) is 5.26 Å². The van der Waals surface area contributed by atoms with Crippen LogP contribution in [0.5, 0.6) is 0 Å². The number of anilines is 1. The second-order valence-electron chi connectivity index (χ2n) is 6.95. The van der Waals surface area contributed by atoms with Gasteiger partial charge in [0.05, 0.1) is 25.1 Å². The third-order valence-electron chi connectivity index (χ3n) is 5.17.